The minimum Gasteiger partial charge on any atom is -0.494 e. The number of piperidine rings is 1. The number of ether oxygens (including phenoxy) is 5. The standard InChI is InChI=1S/C23H28N4O3.C22H25N3O3.C21H23FN4O2.C16H17N5OS/c1-15(2)24-17-9-10-26(13-17)18-6-8-22-25-19(12-23(28)27(22)14-18)16-5-7-20(29-3)21(11-16)30-4;1-24-10-8-15(9-11-24)17-5-7-21-23-18(13-22(26)25(21)14-17)16-4-6-19(27-2)20(12-16)28-3;1-24-8-3-9-25(11-10-24)16-5-7-20-23-18(13-21(27)26(20)14-16)15-4-6-19(28-2)17(22)12-15;1-11-10-23-16(18-11)13-8-15(22)21-9-12(2-3-14(21)19-13)20-6-4-17-5-7-20/h5-8,11-12,14-15,17,24H,9-10,13H2,1-4H3;4-7,12-15H,8-11H2,1-3H3;4-7,12-14H,3,8-11H2,1-2H3;2-3,8-10,17H,4-7H2,1H3/t17-;;;/m0.../s1. The number of hydrogen-bond donors (Lipinski definition) is 2. The zero-order valence-electron chi connectivity index (χ0n) is 63.3. The molecule has 9 aromatic heterocycles. The summed E-state index contributed by atoms with van der Waals surface area (Å²) >= 11 is 1.51. The minimum atomic E-state index is -0.483. The van der Waals surface area contributed by atoms with E-state index in [1.807, 2.05) is 116 Å². The van der Waals surface area contributed by atoms with E-state index in [0.29, 0.717) is 91.9 Å². The van der Waals surface area contributed by atoms with Crippen LogP contribution in [-0.2, 0) is 0 Å². The van der Waals surface area contributed by atoms with Gasteiger partial charge in [-0.25, -0.2) is 29.3 Å². The molecule has 1 atom stereocenters. The normalized spacial score (nSPS) is 15.8. The predicted octanol–water partition coefficient (Wildman–Crippen LogP) is 10.3. The van der Waals surface area contributed by atoms with Crippen molar-refractivity contribution < 1.29 is 28.1 Å². The lowest BCUT2D eigenvalue weighted by atomic mass is 9.91. The zero-order chi connectivity index (χ0) is 76.4. The fourth-order valence-corrected chi connectivity index (χ4v) is 15.0. The average Bonchev–Trinajstić information content (AvgIpc) is 1.79. The summed E-state index contributed by atoms with van der Waals surface area (Å²) in [5, 5.41) is 9.67. The van der Waals surface area contributed by atoms with Crippen LogP contribution >= 0.6 is 11.3 Å². The molecule has 0 unspecified atom stereocenters. The number of likely N-dealkylation sites (N-methyl/N-ethyl adjacent to an activating group) is 1. The Kier molecular flexibility index (Phi) is 24.0. The molecule has 0 spiro atoms. The van der Waals surface area contributed by atoms with Crippen molar-refractivity contribution in [3.8, 4) is 73.2 Å². The molecular weight excluding hydrogens is 1400 g/mol. The Bertz CT molecular complexity index is 5480. The predicted molar refractivity (Wildman–Crippen MR) is 428 cm³/mol. The Labute approximate surface area is 635 Å². The summed E-state index contributed by atoms with van der Waals surface area (Å²) in [5.41, 5.74) is 11.7. The summed E-state index contributed by atoms with van der Waals surface area (Å²) in [6.07, 6.45) is 12.0. The van der Waals surface area contributed by atoms with Crippen LogP contribution in [0.25, 0.3) is 67.1 Å². The molecule has 2 N–H and O–H groups in total. The third-order valence-corrected chi connectivity index (χ3v) is 21.1. The van der Waals surface area contributed by atoms with E-state index in [2.05, 4.69) is 84.1 Å². The summed E-state index contributed by atoms with van der Waals surface area (Å²) < 4.78 is 46.7. The number of hydrogen-bond acceptors (Lipinski definition) is 22. The van der Waals surface area contributed by atoms with E-state index in [4.69, 9.17) is 33.7 Å². The van der Waals surface area contributed by atoms with Crippen LogP contribution < -0.4 is 71.3 Å². The van der Waals surface area contributed by atoms with Gasteiger partial charge in [0.05, 0.1) is 69.7 Å². The van der Waals surface area contributed by atoms with Crippen LogP contribution in [0.5, 0.6) is 28.7 Å². The second kappa shape index (κ2) is 34.4. The molecule has 12 aromatic rings. The van der Waals surface area contributed by atoms with E-state index in [9.17, 15) is 23.6 Å². The van der Waals surface area contributed by atoms with Crippen molar-refractivity contribution in [2.24, 2.45) is 0 Å². The molecule has 0 radical (unpaired) electrons. The Balaban J connectivity index is 0.000000128. The summed E-state index contributed by atoms with van der Waals surface area (Å²) in [5.74, 6) is 2.67. The second-order valence-corrected chi connectivity index (χ2v) is 28.8. The number of nitrogens with one attached hydrogen (secondary N) is 2. The van der Waals surface area contributed by atoms with E-state index in [1.165, 1.54) is 42.2 Å². The topological polar surface area (TPSA) is 237 Å². The maximum absolute atomic E-state index is 14.0. The van der Waals surface area contributed by atoms with Crippen molar-refractivity contribution in [2.75, 3.05) is 143 Å². The molecule has 0 aliphatic carbocycles. The van der Waals surface area contributed by atoms with Crippen molar-refractivity contribution in [3.63, 3.8) is 0 Å². The number of fused-ring (bicyclic) bond motifs is 4. The molecular formula is C82H93FN16O9S. The first-order valence-corrected chi connectivity index (χ1v) is 37.6. The van der Waals surface area contributed by atoms with E-state index >= 15 is 0 Å². The molecule has 4 saturated heterocycles. The first-order chi connectivity index (χ1) is 52.8. The van der Waals surface area contributed by atoms with Crippen LogP contribution in [-0.4, -0.2) is 193 Å². The van der Waals surface area contributed by atoms with Gasteiger partial charge in [0.2, 0.25) is 0 Å². The smallest absolute Gasteiger partial charge is 0.258 e. The number of likely N-dealkylation sites (tertiary alicyclic amines) is 1. The van der Waals surface area contributed by atoms with Gasteiger partial charge < -0.3 is 58.8 Å². The number of nitrogens with zero attached hydrogens (tertiary/aromatic N) is 14. The maximum atomic E-state index is 14.0. The van der Waals surface area contributed by atoms with Gasteiger partial charge in [0.1, 0.15) is 33.3 Å². The van der Waals surface area contributed by atoms with Gasteiger partial charge in [-0.05, 0) is 175 Å². The average molecular weight is 1500 g/mol. The molecule has 0 amide bonds. The van der Waals surface area contributed by atoms with Gasteiger partial charge >= 0.3 is 0 Å². The molecule has 109 heavy (non-hydrogen) atoms. The molecule has 13 heterocycles. The molecule has 16 rings (SSSR count). The van der Waals surface area contributed by atoms with Crippen LogP contribution in [0, 0.1) is 12.7 Å². The SMILES string of the molecule is COc1ccc(-c2cc(=O)n3cc(C4CCN(C)CC4)ccc3n2)cc1OC.COc1ccc(-c2cc(=O)n3cc(N4CCCN(C)CC4)ccc3n2)cc1F.COc1ccc(-c2cc(=O)n3cc(N4CC[C@H](NC(C)C)C4)ccc3n2)cc1OC.Cc1csc(-c2cc(=O)n3cc(N4CCNCC4)ccc3n2)n1. The first kappa shape index (κ1) is 76.1. The van der Waals surface area contributed by atoms with Crippen molar-refractivity contribution in [1.82, 2.24) is 63.0 Å². The highest BCUT2D eigenvalue weighted by atomic mass is 32.1. The number of piperazine rings is 1. The molecule has 27 heteroatoms. The number of aromatic nitrogens is 9. The van der Waals surface area contributed by atoms with Gasteiger partial charge in [-0.3, -0.25) is 36.8 Å². The minimum absolute atomic E-state index is 0.0742. The quantitative estimate of drug-likeness (QED) is 0.0970. The maximum Gasteiger partial charge on any atom is 0.258 e. The van der Waals surface area contributed by atoms with Gasteiger partial charge in [0.25, 0.3) is 22.2 Å². The Morgan fingerprint density at radius 1 is 0.459 bits per heavy atom. The monoisotopic (exact) mass is 1500 g/mol. The van der Waals surface area contributed by atoms with Crippen molar-refractivity contribution in [3.05, 3.63) is 216 Å². The third kappa shape index (κ3) is 17.9. The van der Waals surface area contributed by atoms with Gasteiger partial charge in [0.15, 0.2) is 34.6 Å². The number of rotatable bonds is 15. The fourth-order valence-electron chi connectivity index (χ4n) is 14.2. The van der Waals surface area contributed by atoms with Gasteiger partial charge in [-0.1, -0.05) is 19.9 Å². The molecule has 0 bridgehead atoms. The Morgan fingerprint density at radius 3 is 1.39 bits per heavy atom. The summed E-state index contributed by atoms with van der Waals surface area (Å²) in [4.78, 5) is 85.3. The van der Waals surface area contributed by atoms with Crippen LogP contribution in [0.2, 0.25) is 0 Å². The fraction of sp³-hybridized carbons (Fsp3) is 0.354. The van der Waals surface area contributed by atoms with Crippen LogP contribution in [0.1, 0.15) is 56.7 Å². The number of methoxy groups -OCH3 is 5. The lowest BCUT2D eigenvalue weighted by Gasteiger charge is -2.29. The molecule has 568 valence electrons. The van der Waals surface area contributed by atoms with Crippen molar-refractivity contribution in [1.29, 1.82) is 0 Å². The Hall–Kier alpha value is -11.1. The molecule has 4 aliphatic rings. The largest absolute Gasteiger partial charge is 0.494 e. The number of pyridine rings is 4. The van der Waals surface area contributed by atoms with Crippen LogP contribution in [0.15, 0.2) is 177 Å². The van der Waals surface area contributed by atoms with Gasteiger partial charge in [-0.2, -0.15) is 0 Å². The number of anilines is 3. The van der Waals surface area contributed by atoms with Gasteiger partial charge in [-0.15, -0.1) is 11.3 Å². The zero-order valence-corrected chi connectivity index (χ0v) is 64.1. The van der Waals surface area contributed by atoms with E-state index in [0.717, 1.165) is 143 Å². The number of thiazole rings is 1. The summed E-state index contributed by atoms with van der Waals surface area (Å²) in [6.45, 7) is 18.2. The van der Waals surface area contributed by atoms with E-state index in [1.54, 1.807) is 70.3 Å². The van der Waals surface area contributed by atoms with Crippen LogP contribution in [0.3, 0.4) is 0 Å². The molecule has 4 fully saturated rings. The molecule has 25 nitrogen and oxygen atoms in total. The highest BCUT2D eigenvalue weighted by Gasteiger charge is 2.25. The number of halogens is 1. The van der Waals surface area contributed by atoms with E-state index < -0.39 is 5.82 Å². The number of aryl methyl sites for hydroxylation is 1. The van der Waals surface area contributed by atoms with Crippen molar-refractivity contribution in [2.45, 2.75) is 64.5 Å². The second-order valence-electron chi connectivity index (χ2n) is 27.9. The lowest BCUT2D eigenvalue weighted by molar-refractivity contribution is 0.255. The summed E-state index contributed by atoms with van der Waals surface area (Å²) in [6, 6.07) is 38.5. The van der Waals surface area contributed by atoms with Crippen LogP contribution in [0.4, 0.5) is 21.5 Å². The molecule has 4 aliphatic heterocycles. The highest BCUT2D eigenvalue weighted by molar-refractivity contribution is 7.13. The summed E-state index contributed by atoms with van der Waals surface area (Å²) in [7, 11) is 12.1. The number of benzene rings is 3. The molecule has 0 saturated carbocycles. The van der Waals surface area contributed by atoms with Gasteiger partial charge in [0, 0.05) is 148 Å². The third-order valence-electron chi connectivity index (χ3n) is 20.1. The first-order valence-electron chi connectivity index (χ1n) is 36.8. The van der Waals surface area contributed by atoms with Crippen molar-refractivity contribution >= 4 is 51.0 Å². The Morgan fingerprint density at radius 2 is 0.908 bits per heavy atom. The van der Waals surface area contributed by atoms with E-state index in [-0.39, 0.29) is 28.0 Å². The highest BCUT2D eigenvalue weighted by Crippen LogP contribution is 2.35. The lowest BCUT2D eigenvalue weighted by Crippen LogP contribution is -2.43. The molecule has 3 aromatic carbocycles.